The van der Waals surface area contributed by atoms with E-state index in [4.69, 9.17) is 4.52 Å². The van der Waals surface area contributed by atoms with Gasteiger partial charge in [-0.1, -0.05) is 39.2 Å². The van der Waals surface area contributed by atoms with Crippen molar-refractivity contribution in [3.8, 4) is 0 Å². The summed E-state index contributed by atoms with van der Waals surface area (Å²) in [5.41, 5.74) is 0. The third kappa shape index (κ3) is 9.70. The third-order valence-electron chi connectivity index (χ3n) is 1.82. The molecule has 0 N–H and O–H groups in total. The Balaban J connectivity index is 3.31. The molecule has 0 fully saturated rings. The van der Waals surface area contributed by atoms with Gasteiger partial charge in [-0.25, -0.2) is 9.36 Å². The van der Waals surface area contributed by atoms with Gasteiger partial charge in [0.1, 0.15) is 0 Å². The van der Waals surface area contributed by atoms with Crippen molar-refractivity contribution >= 4 is 14.2 Å². The van der Waals surface area contributed by atoms with Crippen LogP contribution in [0.2, 0.25) is 0 Å². The largest absolute Gasteiger partial charge is 0.390 e. The highest BCUT2D eigenvalue weighted by molar-refractivity contribution is 7.34. The van der Waals surface area contributed by atoms with Crippen LogP contribution in [0.15, 0.2) is 12.7 Å². The van der Waals surface area contributed by atoms with E-state index >= 15 is 0 Å². The molecule has 4 nitrogen and oxygen atoms in total. The number of rotatable bonds is 9. The zero-order chi connectivity index (χ0) is 11.5. The van der Waals surface area contributed by atoms with Crippen LogP contribution < -0.4 is 0 Å². The fraction of sp³-hybridized carbons (Fsp3) is 0.700. The van der Waals surface area contributed by atoms with Crippen LogP contribution in [0.5, 0.6) is 0 Å². The van der Waals surface area contributed by atoms with Crippen LogP contribution in [-0.2, 0) is 18.4 Å². The molecule has 15 heavy (non-hydrogen) atoms. The molecule has 1 atom stereocenters. The summed E-state index contributed by atoms with van der Waals surface area (Å²) in [5.74, 6) is -0.704. The van der Waals surface area contributed by atoms with Gasteiger partial charge in [0.2, 0.25) is 0 Å². The van der Waals surface area contributed by atoms with E-state index in [1.54, 1.807) is 0 Å². The van der Waals surface area contributed by atoms with Crippen LogP contribution in [0, 0.1) is 0 Å². The van der Waals surface area contributed by atoms with E-state index in [-0.39, 0.29) is 0 Å². The average molecular weight is 234 g/mol. The SMILES string of the molecule is C=CC(=O)O[PH](=O)OCCCCCCC. The van der Waals surface area contributed by atoms with Crippen LogP contribution in [-0.4, -0.2) is 12.6 Å². The summed E-state index contributed by atoms with van der Waals surface area (Å²) in [6, 6.07) is 0. The minimum absolute atomic E-state index is 0.381. The molecular weight excluding hydrogens is 215 g/mol. The van der Waals surface area contributed by atoms with E-state index in [1.807, 2.05) is 0 Å². The van der Waals surface area contributed by atoms with Gasteiger partial charge >= 0.3 is 14.2 Å². The van der Waals surface area contributed by atoms with Crippen molar-refractivity contribution in [2.45, 2.75) is 39.0 Å². The van der Waals surface area contributed by atoms with Gasteiger partial charge in [0.25, 0.3) is 0 Å². The van der Waals surface area contributed by atoms with Crippen molar-refractivity contribution in [3.05, 3.63) is 12.7 Å². The molecule has 1 unspecified atom stereocenters. The standard InChI is InChI=1S/C10H19O4P/c1-3-5-6-7-8-9-13-15(12)14-10(11)4-2/h4,15H,2-3,5-9H2,1H3. The Labute approximate surface area is 91.6 Å². The molecule has 0 radical (unpaired) electrons. The molecule has 0 aliphatic carbocycles. The zero-order valence-electron chi connectivity index (χ0n) is 9.16. The van der Waals surface area contributed by atoms with Crippen molar-refractivity contribution in [1.82, 2.24) is 0 Å². The fourth-order valence-electron chi connectivity index (χ4n) is 1.01. The number of carbonyl (C=O) groups is 1. The normalized spacial score (nSPS) is 12.1. The molecule has 0 amide bonds. The molecule has 0 saturated carbocycles. The average Bonchev–Trinajstić information content (AvgIpc) is 2.23. The van der Waals surface area contributed by atoms with Crippen molar-refractivity contribution in [1.29, 1.82) is 0 Å². The molecule has 0 saturated heterocycles. The van der Waals surface area contributed by atoms with Gasteiger partial charge < -0.3 is 9.05 Å². The first-order chi connectivity index (χ1) is 7.20. The molecule has 0 aromatic heterocycles. The van der Waals surface area contributed by atoms with Gasteiger partial charge in [-0.2, -0.15) is 0 Å². The van der Waals surface area contributed by atoms with E-state index < -0.39 is 14.2 Å². The topological polar surface area (TPSA) is 52.6 Å². The Kier molecular flexibility index (Phi) is 9.54. The van der Waals surface area contributed by atoms with E-state index in [1.165, 1.54) is 12.8 Å². The molecule has 0 aromatic rings. The molecule has 0 aliphatic rings. The summed E-state index contributed by atoms with van der Waals surface area (Å²) in [4.78, 5) is 10.6. The lowest BCUT2D eigenvalue weighted by Crippen LogP contribution is -1.95. The predicted molar refractivity (Wildman–Crippen MR) is 60.0 cm³/mol. The lowest BCUT2D eigenvalue weighted by Gasteiger charge is -2.03. The predicted octanol–water partition coefficient (Wildman–Crippen LogP) is 3.09. The first-order valence-corrected chi connectivity index (χ1v) is 6.44. The molecular formula is C10H19O4P. The highest BCUT2D eigenvalue weighted by atomic mass is 31.1. The van der Waals surface area contributed by atoms with Crippen LogP contribution in [0.1, 0.15) is 39.0 Å². The van der Waals surface area contributed by atoms with Gasteiger partial charge in [0, 0.05) is 6.08 Å². The van der Waals surface area contributed by atoms with Crippen molar-refractivity contribution < 1.29 is 18.4 Å². The van der Waals surface area contributed by atoms with E-state index in [0.29, 0.717) is 6.61 Å². The quantitative estimate of drug-likeness (QED) is 0.349. The Bertz CT molecular complexity index is 215. The second-order valence-corrected chi connectivity index (χ2v) is 4.13. The Morgan fingerprint density at radius 2 is 2.00 bits per heavy atom. The lowest BCUT2D eigenvalue weighted by molar-refractivity contribution is -0.129. The summed E-state index contributed by atoms with van der Waals surface area (Å²) in [7, 11) is -2.66. The van der Waals surface area contributed by atoms with Crippen molar-refractivity contribution in [2.24, 2.45) is 0 Å². The summed E-state index contributed by atoms with van der Waals surface area (Å²) in [6.07, 6.45) is 6.43. The summed E-state index contributed by atoms with van der Waals surface area (Å²) in [5, 5.41) is 0. The van der Waals surface area contributed by atoms with E-state index in [0.717, 1.165) is 25.3 Å². The van der Waals surface area contributed by atoms with Crippen LogP contribution >= 0.6 is 8.25 Å². The smallest absolute Gasteiger partial charge is 0.370 e. The molecule has 0 aliphatic heterocycles. The first kappa shape index (κ1) is 14.4. The Morgan fingerprint density at radius 3 is 2.60 bits per heavy atom. The monoisotopic (exact) mass is 234 g/mol. The van der Waals surface area contributed by atoms with Gasteiger partial charge in [0.15, 0.2) is 0 Å². The van der Waals surface area contributed by atoms with E-state index in [2.05, 4.69) is 18.0 Å². The lowest BCUT2D eigenvalue weighted by atomic mass is 10.2. The van der Waals surface area contributed by atoms with Crippen LogP contribution in [0.25, 0.3) is 0 Å². The maximum Gasteiger partial charge on any atom is 0.370 e. The minimum atomic E-state index is -2.66. The molecule has 0 aromatic carbocycles. The van der Waals surface area contributed by atoms with Crippen LogP contribution in [0.4, 0.5) is 0 Å². The molecule has 0 bridgehead atoms. The van der Waals surface area contributed by atoms with Crippen LogP contribution in [0.3, 0.4) is 0 Å². The van der Waals surface area contributed by atoms with Gasteiger partial charge in [-0.3, -0.25) is 0 Å². The third-order valence-corrected chi connectivity index (χ3v) is 2.63. The number of hydrogen-bond acceptors (Lipinski definition) is 4. The van der Waals surface area contributed by atoms with Gasteiger partial charge in [0.05, 0.1) is 6.61 Å². The Hall–Kier alpha value is -0.600. The van der Waals surface area contributed by atoms with Gasteiger partial charge in [-0.05, 0) is 6.42 Å². The molecule has 0 heterocycles. The fourth-order valence-corrected chi connectivity index (χ4v) is 1.63. The Morgan fingerprint density at radius 1 is 1.33 bits per heavy atom. The summed E-state index contributed by atoms with van der Waals surface area (Å²) in [6.45, 7) is 5.71. The maximum atomic E-state index is 11.0. The molecule has 0 rings (SSSR count). The number of carbonyl (C=O) groups excluding carboxylic acids is 1. The maximum absolute atomic E-state index is 11.0. The minimum Gasteiger partial charge on any atom is -0.390 e. The number of hydrogen-bond donors (Lipinski definition) is 0. The zero-order valence-corrected chi connectivity index (χ0v) is 10.2. The number of unbranched alkanes of at least 4 members (excludes halogenated alkanes) is 4. The summed E-state index contributed by atoms with van der Waals surface area (Å²) < 4.78 is 20.2. The van der Waals surface area contributed by atoms with Crippen molar-refractivity contribution in [2.75, 3.05) is 6.61 Å². The molecule has 5 heteroatoms. The first-order valence-electron chi connectivity index (χ1n) is 5.21. The molecule has 0 spiro atoms. The molecule has 88 valence electrons. The second kappa shape index (κ2) is 9.94. The second-order valence-electron chi connectivity index (χ2n) is 3.14. The van der Waals surface area contributed by atoms with Gasteiger partial charge in [-0.15, -0.1) is 0 Å². The highest BCUT2D eigenvalue weighted by Crippen LogP contribution is 2.24. The highest BCUT2D eigenvalue weighted by Gasteiger charge is 2.03. The summed E-state index contributed by atoms with van der Waals surface area (Å²) >= 11 is 0. The van der Waals surface area contributed by atoms with Crippen molar-refractivity contribution in [3.63, 3.8) is 0 Å². The van der Waals surface area contributed by atoms with E-state index in [9.17, 15) is 9.36 Å².